The number of carbonyl (C=O) groups is 2. The predicted molar refractivity (Wildman–Crippen MR) is 168 cm³/mol. The predicted octanol–water partition coefficient (Wildman–Crippen LogP) is 3.46. The number of halogens is 1. The maximum Gasteiger partial charge on any atom is 0.343 e. The smallest absolute Gasteiger partial charge is 0.343 e. The summed E-state index contributed by atoms with van der Waals surface area (Å²) in [4.78, 5) is 43.9. The fourth-order valence-corrected chi connectivity index (χ4v) is 6.15. The number of phenolic OH excluding ortho intramolecular Hbond substituents is 1. The highest BCUT2D eigenvalue weighted by atomic mass is 127. The van der Waals surface area contributed by atoms with Crippen molar-refractivity contribution in [1.29, 1.82) is 0 Å². The number of aromatic hydroxyl groups is 1. The molecule has 0 aliphatic carbocycles. The first-order valence-corrected chi connectivity index (χ1v) is 15.3. The number of hydrogen-bond acceptors (Lipinski definition) is 11. The lowest BCUT2D eigenvalue weighted by Gasteiger charge is -2.25. The summed E-state index contributed by atoms with van der Waals surface area (Å²) in [6.45, 7) is 7.50. The molecule has 0 bridgehead atoms. The molecule has 0 saturated heterocycles. The number of ether oxygens (including phenoxy) is 5. The Balaban J connectivity index is 1.91. The summed E-state index contributed by atoms with van der Waals surface area (Å²) in [5.41, 5.74) is 1.46. The van der Waals surface area contributed by atoms with Crippen LogP contribution in [0.3, 0.4) is 0 Å². The Hall–Kier alpha value is -3.85. The van der Waals surface area contributed by atoms with Crippen LogP contribution in [0.1, 0.15) is 44.9 Å². The summed E-state index contributed by atoms with van der Waals surface area (Å²) in [6.07, 6.45) is 1.70. The molecule has 1 aliphatic rings. The Morgan fingerprint density at radius 3 is 2.44 bits per heavy atom. The number of thiazole rings is 1. The highest BCUT2D eigenvalue weighted by molar-refractivity contribution is 14.1. The molecule has 13 heteroatoms. The van der Waals surface area contributed by atoms with E-state index in [1.807, 2.05) is 29.5 Å². The van der Waals surface area contributed by atoms with Crippen LogP contribution in [0, 0.1) is 3.57 Å². The van der Waals surface area contributed by atoms with Crippen LogP contribution in [0.5, 0.6) is 23.0 Å². The second-order valence-electron chi connectivity index (χ2n) is 9.09. The summed E-state index contributed by atoms with van der Waals surface area (Å²) in [5.74, 6) is -0.190. The molecule has 11 nitrogen and oxygen atoms in total. The van der Waals surface area contributed by atoms with E-state index in [-0.39, 0.29) is 30.1 Å². The van der Waals surface area contributed by atoms with Gasteiger partial charge in [0.05, 0.1) is 52.3 Å². The molecular weight excluding hydrogens is 691 g/mol. The van der Waals surface area contributed by atoms with Crippen molar-refractivity contribution >= 4 is 51.9 Å². The SMILES string of the molecule is CCOC(=O)C1=C(C)N=c2s/c(=C/c3cc(I)c(O)c(OCC)c3)c(=O)n2[C@H]1c1ccc(OCC(=O)OC)c(OCC)c1. The van der Waals surface area contributed by atoms with E-state index < -0.39 is 18.0 Å². The van der Waals surface area contributed by atoms with Gasteiger partial charge < -0.3 is 28.8 Å². The summed E-state index contributed by atoms with van der Waals surface area (Å²) in [5, 5.41) is 10.4. The van der Waals surface area contributed by atoms with Crippen LogP contribution in [0.4, 0.5) is 0 Å². The van der Waals surface area contributed by atoms with E-state index in [0.29, 0.717) is 60.2 Å². The van der Waals surface area contributed by atoms with Crippen molar-refractivity contribution in [1.82, 2.24) is 4.57 Å². The van der Waals surface area contributed by atoms with Gasteiger partial charge in [-0.15, -0.1) is 0 Å². The first-order valence-electron chi connectivity index (χ1n) is 13.4. The molecule has 4 rings (SSSR count). The average Bonchev–Trinajstić information content (AvgIpc) is 3.28. The maximum absolute atomic E-state index is 14.0. The number of fused-ring (bicyclic) bond motifs is 1. The summed E-state index contributed by atoms with van der Waals surface area (Å²) in [6, 6.07) is 7.51. The number of hydrogen-bond donors (Lipinski definition) is 1. The molecule has 0 radical (unpaired) electrons. The highest BCUT2D eigenvalue weighted by Crippen LogP contribution is 2.37. The molecule has 1 aromatic heterocycles. The van der Waals surface area contributed by atoms with Crippen molar-refractivity contribution in [2.45, 2.75) is 33.7 Å². The quantitative estimate of drug-likeness (QED) is 0.233. The fourth-order valence-electron chi connectivity index (χ4n) is 4.48. The molecule has 228 valence electrons. The van der Waals surface area contributed by atoms with Crippen molar-refractivity contribution in [3.63, 3.8) is 0 Å². The molecule has 0 spiro atoms. The molecule has 1 atom stereocenters. The molecular formula is C30H31IN2O9S. The molecule has 2 heterocycles. The molecule has 1 aliphatic heterocycles. The van der Waals surface area contributed by atoms with Crippen LogP contribution in [0.2, 0.25) is 0 Å². The van der Waals surface area contributed by atoms with Crippen molar-refractivity contribution in [2.75, 3.05) is 33.5 Å². The van der Waals surface area contributed by atoms with Crippen LogP contribution in [0.15, 0.2) is 51.4 Å². The van der Waals surface area contributed by atoms with Gasteiger partial charge in [0.1, 0.15) is 0 Å². The second kappa shape index (κ2) is 14.1. The van der Waals surface area contributed by atoms with Crippen molar-refractivity contribution < 1.29 is 38.4 Å². The van der Waals surface area contributed by atoms with Gasteiger partial charge in [-0.2, -0.15) is 0 Å². The number of allylic oxidation sites excluding steroid dienone is 1. The van der Waals surface area contributed by atoms with Crippen LogP contribution >= 0.6 is 33.9 Å². The van der Waals surface area contributed by atoms with E-state index in [0.717, 1.165) is 0 Å². The normalized spacial score (nSPS) is 14.6. The minimum absolute atomic E-state index is 0.0277. The largest absolute Gasteiger partial charge is 0.504 e. The van der Waals surface area contributed by atoms with Crippen LogP contribution in [-0.4, -0.2) is 55.1 Å². The maximum atomic E-state index is 14.0. The number of carbonyl (C=O) groups excluding carboxylic acids is 2. The van der Waals surface area contributed by atoms with E-state index in [1.165, 1.54) is 23.0 Å². The van der Waals surface area contributed by atoms with E-state index in [2.05, 4.69) is 9.73 Å². The molecule has 1 N–H and O–H groups in total. The van der Waals surface area contributed by atoms with Gasteiger partial charge in [0.25, 0.3) is 5.56 Å². The lowest BCUT2D eigenvalue weighted by atomic mass is 9.95. The highest BCUT2D eigenvalue weighted by Gasteiger charge is 2.34. The Bertz CT molecular complexity index is 1760. The van der Waals surface area contributed by atoms with Crippen LogP contribution < -0.4 is 29.1 Å². The zero-order valence-electron chi connectivity index (χ0n) is 24.3. The number of phenols is 1. The fraction of sp³-hybridized carbons (Fsp3) is 0.333. The first-order chi connectivity index (χ1) is 20.6. The Morgan fingerprint density at radius 2 is 1.77 bits per heavy atom. The summed E-state index contributed by atoms with van der Waals surface area (Å²) < 4.78 is 29.4. The zero-order valence-corrected chi connectivity index (χ0v) is 27.2. The number of aromatic nitrogens is 1. The number of methoxy groups -OCH3 is 1. The zero-order chi connectivity index (χ0) is 31.3. The molecule has 0 unspecified atom stereocenters. The van der Waals surface area contributed by atoms with Gasteiger partial charge in [0.15, 0.2) is 34.4 Å². The van der Waals surface area contributed by atoms with Gasteiger partial charge >= 0.3 is 11.9 Å². The van der Waals surface area contributed by atoms with Gasteiger partial charge in [0, 0.05) is 0 Å². The minimum Gasteiger partial charge on any atom is -0.504 e. The third kappa shape index (κ3) is 6.88. The lowest BCUT2D eigenvalue weighted by Crippen LogP contribution is -2.40. The van der Waals surface area contributed by atoms with Crippen molar-refractivity contribution in [3.05, 3.63) is 76.0 Å². The number of rotatable bonds is 11. The van der Waals surface area contributed by atoms with Crippen LogP contribution in [0.25, 0.3) is 6.08 Å². The summed E-state index contributed by atoms with van der Waals surface area (Å²) in [7, 11) is 1.26. The van der Waals surface area contributed by atoms with Gasteiger partial charge in [-0.25, -0.2) is 14.6 Å². The van der Waals surface area contributed by atoms with Crippen LogP contribution in [-0.2, 0) is 19.1 Å². The number of benzene rings is 2. The standard InChI is InChI=1S/C30H31IN2O9S/c1-6-39-21-14-18(9-10-20(21)42-15-24(34)38-5)26-25(29(37)41-8-3)16(4)32-30-33(26)28(36)23(43-30)13-17-11-19(31)27(35)22(12-17)40-7-2/h9-14,26,35H,6-8,15H2,1-5H3/b23-13+/t26-/m0/s1. The monoisotopic (exact) mass is 722 g/mol. The minimum atomic E-state index is -0.884. The third-order valence-electron chi connectivity index (χ3n) is 6.32. The topological polar surface area (TPSA) is 135 Å². The molecule has 0 fully saturated rings. The average molecular weight is 723 g/mol. The van der Waals surface area contributed by atoms with Gasteiger partial charge in [-0.3, -0.25) is 9.36 Å². The second-order valence-corrected chi connectivity index (χ2v) is 11.3. The van der Waals surface area contributed by atoms with Crippen molar-refractivity contribution in [2.24, 2.45) is 4.99 Å². The molecule has 2 aromatic carbocycles. The van der Waals surface area contributed by atoms with Crippen molar-refractivity contribution in [3.8, 4) is 23.0 Å². The Labute approximate surface area is 265 Å². The van der Waals surface area contributed by atoms with Gasteiger partial charge in [-0.1, -0.05) is 17.4 Å². The van der Waals surface area contributed by atoms with Gasteiger partial charge in [0.2, 0.25) is 0 Å². The van der Waals surface area contributed by atoms with E-state index in [1.54, 1.807) is 57.2 Å². The van der Waals surface area contributed by atoms with E-state index in [9.17, 15) is 19.5 Å². The molecule has 0 amide bonds. The lowest BCUT2D eigenvalue weighted by molar-refractivity contribution is -0.143. The Morgan fingerprint density at radius 1 is 1.05 bits per heavy atom. The molecule has 0 saturated carbocycles. The third-order valence-corrected chi connectivity index (χ3v) is 8.13. The van der Waals surface area contributed by atoms with E-state index in [4.69, 9.17) is 18.9 Å². The summed E-state index contributed by atoms with van der Waals surface area (Å²) >= 11 is 3.18. The molecule has 3 aromatic rings. The Kier molecular flexibility index (Phi) is 10.5. The molecule has 43 heavy (non-hydrogen) atoms. The van der Waals surface area contributed by atoms with Gasteiger partial charge in [-0.05, 0) is 91.8 Å². The number of nitrogens with zero attached hydrogens (tertiary/aromatic N) is 2. The first kappa shape index (κ1) is 32.1. The van der Waals surface area contributed by atoms with E-state index >= 15 is 0 Å². The number of esters is 2.